The second kappa shape index (κ2) is 6.83. The third kappa shape index (κ3) is 3.88. The Labute approximate surface area is 115 Å². The highest BCUT2D eigenvalue weighted by molar-refractivity contribution is 5.97. The molecule has 0 aliphatic carbocycles. The molecule has 1 aliphatic heterocycles. The molecule has 1 saturated heterocycles. The van der Waals surface area contributed by atoms with Gasteiger partial charge in [-0.1, -0.05) is 24.3 Å². The summed E-state index contributed by atoms with van der Waals surface area (Å²) in [6.45, 7) is 4.88. The number of hydrogen-bond donors (Lipinski definition) is 0. The number of methoxy groups -OCH3 is 1. The summed E-state index contributed by atoms with van der Waals surface area (Å²) in [5.41, 5.74) is 1.93. The number of likely N-dealkylation sites (tertiary alicyclic amines) is 1. The van der Waals surface area contributed by atoms with Crippen LogP contribution < -0.4 is 0 Å². The number of ketones is 1. The first kappa shape index (κ1) is 14.2. The SMILES string of the molecule is COC1CCCN(CCC(=O)c2ccccc2C)C1. The highest BCUT2D eigenvalue weighted by atomic mass is 16.5. The second-order valence-electron chi connectivity index (χ2n) is 5.29. The van der Waals surface area contributed by atoms with Crippen molar-refractivity contribution in [2.24, 2.45) is 0 Å². The Morgan fingerprint density at radius 3 is 2.95 bits per heavy atom. The third-order valence-electron chi connectivity index (χ3n) is 3.90. The molecule has 0 spiro atoms. The first-order valence-electron chi connectivity index (χ1n) is 7.04. The first-order chi connectivity index (χ1) is 9.20. The largest absolute Gasteiger partial charge is 0.380 e. The summed E-state index contributed by atoms with van der Waals surface area (Å²) in [7, 11) is 1.77. The number of aryl methyl sites for hydroxylation is 1. The summed E-state index contributed by atoms with van der Waals surface area (Å²) in [4.78, 5) is 14.5. The summed E-state index contributed by atoms with van der Waals surface area (Å²) in [5, 5.41) is 0. The molecule has 0 amide bonds. The Balaban J connectivity index is 1.85. The molecule has 1 atom stereocenters. The van der Waals surface area contributed by atoms with Crippen molar-refractivity contribution >= 4 is 5.78 Å². The van der Waals surface area contributed by atoms with E-state index >= 15 is 0 Å². The van der Waals surface area contributed by atoms with E-state index in [2.05, 4.69) is 4.90 Å². The smallest absolute Gasteiger partial charge is 0.164 e. The summed E-state index contributed by atoms with van der Waals surface area (Å²) in [5.74, 6) is 0.248. The van der Waals surface area contributed by atoms with Crippen LogP contribution in [0.1, 0.15) is 35.2 Å². The average molecular weight is 261 g/mol. The number of benzene rings is 1. The van der Waals surface area contributed by atoms with Gasteiger partial charge in [-0.25, -0.2) is 0 Å². The quantitative estimate of drug-likeness (QED) is 0.763. The third-order valence-corrected chi connectivity index (χ3v) is 3.90. The van der Waals surface area contributed by atoms with Crippen LogP contribution in [-0.4, -0.2) is 43.5 Å². The monoisotopic (exact) mass is 261 g/mol. The summed E-state index contributed by atoms with van der Waals surface area (Å²) in [6.07, 6.45) is 3.24. The van der Waals surface area contributed by atoms with Crippen molar-refractivity contribution in [2.75, 3.05) is 26.7 Å². The fraction of sp³-hybridized carbons (Fsp3) is 0.562. The minimum absolute atomic E-state index is 0.248. The molecule has 1 aliphatic rings. The van der Waals surface area contributed by atoms with Crippen LogP contribution in [0, 0.1) is 6.92 Å². The maximum absolute atomic E-state index is 12.2. The molecule has 0 radical (unpaired) electrons. The fourth-order valence-electron chi connectivity index (χ4n) is 2.69. The minimum Gasteiger partial charge on any atom is -0.380 e. The number of carbonyl (C=O) groups excluding carboxylic acids is 1. The van der Waals surface area contributed by atoms with E-state index in [0.29, 0.717) is 12.5 Å². The Morgan fingerprint density at radius 2 is 2.21 bits per heavy atom. The van der Waals surface area contributed by atoms with Gasteiger partial charge in [-0.05, 0) is 31.9 Å². The topological polar surface area (TPSA) is 29.5 Å². The van der Waals surface area contributed by atoms with Crippen LogP contribution in [0.4, 0.5) is 0 Å². The summed E-state index contributed by atoms with van der Waals surface area (Å²) in [6, 6.07) is 7.82. The molecular weight excluding hydrogens is 238 g/mol. The van der Waals surface area contributed by atoms with Gasteiger partial charge in [0.2, 0.25) is 0 Å². The van der Waals surface area contributed by atoms with Crippen LogP contribution in [0.2, 0.25) is 0 Å². The number of hydrogen-bond acceptors (Lipinski definition) is 3. The van der Waals surface area contributed by atoms with Crippen molar-refractivity contribution in [3.63, 3.8) is 0 Å². The van der Waals surface area contributed by atoms with Crippen LogP contribution in [0.3, 0.4) is 0 Å². The van der Waals surface area contributed by atoms with Gasteiger partial charge in [-0.15, -0.1) is 0 Å². The van der Waals surface area contributed by atoms with Gasteiger partial charge in [0.25, 0.3) is 0 Å². The predicted molar refractivity (Wildman–Crippen MR) is 76.6 cm³/mol. The Bertz CT molecular complexity index is 431. The molecule has 3 nitrogen and oxygen atoms in total. The van der Waals surface area contributed by atoms with Crippen LogP contribution in [-0.2, 0) is 4.74 Å². The van der Waals surface area contributed by atoms with Gasteiger partial charge in [-0.2, -0.15) is 0 Å². The summed E-state index contributed by atoms with van der Waals surface area (Å²) >= 11 is 0. The molecule has 0 aromatic heterocycles. The predicted octanol–water partition coefficient (Wildman–Crippen LogP) is 2.68. The highest BCUT2D eigenvalue weighted by Gasteiger charge is 2.20. The van der Waals surface area contributed by atoms with Gasteiger partial charge >= 0.3 is 0 Å². The van der Waals surface area contributed by atoms with Gasteiger partial charge in [0.1, 0.15) is 0 Å². The maximum atomic E-state index is 12.2. The molecule has 2 rings (SSSR count). The van der Waals surface area contributed by atoms with E-state index in [-0.39, 0.29) is 5.78 Å². The van der Waals surface area contributed by atoms with Crippen molar-refractivity contribution in [3.8, 4) is 0 Å². The number of Topliss-reactive ketones (excluding diaryl/α,β-unsaturated/α-hetero) is 1. The molecule has 1 unspecified atom stereocenters. The number of nitrogens with zero attached hydrogens (tertiary/aromatic N) is 1. The lowest BCUT2D eigenvalue weighted by molar-refractivity contribution is 0.0309. The molecule has 0 N–H and O–H groups in total. The molecule has 0 saturated carbocycles. The van der Waals surface area contributed by atoms with Crippen molar-refractivity contribution in [1.29, 1.82) is 0 Å². The standard InChI is InChI=1S/C16H23NO2/c1-13-6-3-4-8-15(13)16(18)9-11-17-10-5-7-14(12-17)19-2/h3-4,6,8,14H,5,7,9-12H2,1-2H3. The Kier molecular flexibility index (Phi) is 5.11. The van der Waals surface area contributed by atoms with E-state index in [9.17, 15) is 4.79 Å². The zero-order chi connectivity index (χ0) is 13.7. The van der Waals surface area contributed by atoms with Crippen LogP contribution in [0.25, 0.3) is 0 Å². The lowest BCUT2D eigenvalue weighted by Gasteiger charge is -2.31. The Hall–Kier alpha value is -1.19. The van der Waals surface area contributed by atoms with Crippen molar-refractivity contribution in [1.82, 2.24) is 4.90 Å². The average Bonchev–Trinajstić information content (AvgIpc) is 2.45. The van der Waals surface area contributed by atoms with E-state index in [4.69, 9.17) is 4.74 Å². The zero-order valence-electron chi connectivity index (χ0n) is 11.9. The lowest BCUT2D eigenvalue weighted by atomic mass is 10.0. The molecule has 1 aromatic carbocycles. The van der Waals surface area contributed by atoms with Crippen molar-refractivity contribution in [3.05, 3.63) is 35.4 Å². The van der Waals surface area contributed by atoms with E-state index in [1.54, 1.807) is 7.11 Å². The Morgan fingerprint density at radius 1 is 1.42 bits per heavy atom. The minimum atomic E-state index is 0.248. The molecule has 1 fully saturated rings. The lowest BCUT2D eigenvalue weighted by Crippen LogP contribution is -2.40. The molecule has 104 valence electrons. The summed E-state index contributed by atoms with van der Waals surface area (Å²) < 4.78 is 5.41. The van der Waals surface area contributed by atoms with E-state index < -0.39 is 0 Å². The molecule has 1 aromatic rings. The van der Waals surface area contributed by atoms with E-state index in [1.165, 1.54) is 0 Å². The van der Waals surface area contributed by atoms with Gasteiger partial charge < -0.3 is 9.64 Å². The first-order valence-corrected chi connectivity index (χ1v) is 7.04. The molecular formula is C16H23NO2. The molecule has 19 heavy (non-hydrogen) atoms. The highest BCUT2D eigenvalue weighted by Crippen LogP contribution is 2.14. The second-order valence-corrected chi connectivity index (χ2v) is 5.29. The number of carbonyl (C=O) groups is 1. The maximum Gasteiger partial charge on any atom is 0.164 e. The van der Waals surface area contributed by atoms with Crippen LogP contribution in [0.15, 0.2) is 24.3 Å². The van der Waals surface area contributed by atoms with Crippen molar-refractivity contribution < 1.29 is 9.53 Å². The number of ether oxygens (including phenoxy) is 1. The fourth-order valence-corrected chi connectivity index (χ4v) is 2.69. The van der Waals surface area contributed by atoms with Crippen LogP contribution in [0.5, 0.6) is 0 Å². The molecule has 0 bridgehead atoms. The van der Waals surface area contributed by atoms with Crippen LogP contribution >= 0.6 is 0 Å². The normalized spacial score (nSPS) is 20.4. The van der Waals surface area contributed by atoms with E-state index in [0.717, 1.165) is 43.6 Å². The van der Waals surface area contributed by atoms with E-state index in [1.807, 2.05) is 31.2 Å². The number of piperidine rings is 1. The van der Waals surface area contributed by atoms with Gasteiger partial charge in [-0.3, -0.25) is 4.79 Å². The molecule has 3 heteroatoms. The zero-order valence-corrected chi connectivity index (χ0v) is 11.9. The van der Waals surface area contributed by atoms with Gasteiger partial charge in [0.05, 0.1) is 6.10 Å². The van der Waals surface area contributed by atoms with Gasteiger partial charge in [0.15, 0.2) is 5.78 Å². The molecule has 1 heterocycles. The van der Waals surface area contributed by atoms with Crippen molar-refractivity contribution in [2.45, 2.75) is 32.3 Å². The van der Waals surface area contributed by atoms with Gasteiger partial charge in [0, 0.05) is 32.2 Å². The number of rotatable bonds is 5.